The lowest BCUT2D eigenvalue weighted by Crippen LogP contribution is -2.26. The highest BCUT2D eigenvalue weighted by atomic mass is 35.5. The summed E-state index contributed by atoms with van der Waals surface area (Å²) < 4.78 is 0. The number of benzene rings is 1. The number of carboxylic acids is 1. The average Bonchev–Trinajstić information content (AvgIpc) is 2.81. The van der Waals surface area contributed by atoms with Gasteiger partial charge in [-0.25, -0.2) is 0 Å². The summed E-state index contributed by atoms with van der Waals surface area (Å²) in [7, 11) is 0. The average molecular weight is 384 g/mol. The molecule has 1 aromatic carbocycles. The van der Waals surface area contributed by atoms with Crippen LogP contribution in [0.3, 0.4) is 0 Å². The van der Waals surface area contributed by atoms with Crippen molar-refractivity contribution in [3.63, 3.8) is 0 Å². The first-order chi connectivity index (χ1) is 11.6. The number of carbonyl (C=O) groups excluding carboxylic acids is 1. The molecule has 1 aliphatic heterocycles. The number of phenols is 1. The minimum absolute atomic E-state index is 0.106. The van der Waals surface area contributed by atoms with Gasteiger partial charge >= 0.3 is 5.97 Å². The standard InChI is InChI=1S/C16H18ClN3O4S/c1-16(2,3)9-4-8(13(23)10(17)5-9)7-18-20-15-19-14(24)11(25-15)6-12(21)22/h4-5,7,11,23H,6H2,1-3H3,(H,21,22)(H,19,20,24). The van der Waals surface area contributed by atoms with Gasteiger partial charge in [-0.05, 0) is 23.1 Å². The summed E-state index contributed by atoms with van der Waals surface area (Å²) in [5.74, 6) is -1.58. The molecule has 0 aromatic heterocycles. The SMILES string of the molecule is CC(C)(C)c1cc(Cl)c(O)c(C=NN=C2NC(=O)C(CC(=O)O)S2)c1. The van der Waals surface area contributed by atoms with Crippen molar-refractivity contribution in [2.75, 3.05) is 0 Å². The monoisotopic (exact) mass is 383 g/mol. The van der Waals surface area contributed by atoms with Crippen molar-refractivity contribution in [3.8, 4) is 5.75 Å². The number of nitrogens with one attached hydrogen (secondary N) is 1. The number of thioether (sulfide) groups is 1. The van der Waals surface area contributed by atoms with Crippen molar-refractivity contribution >= 4 is 46.6 Å². The lowest BCUT2D eigenvalue weighted by molar-refractivity contribution is -0.138. The van der Waals surface area contributed by atoms with Gasteiger partial charge in [0.25, 0.3) is 0 Å². The van der Waals surface area contributed by atoms with Crippen molar-refractivity contribution in [1.82, 2.24) is 5.32 Å². The molecule has 0 bridgehead atoms. The minimum Gasteiger partial charge on any atom is -0.506 e. The number of amidine groups is 1. The van der Waals surface area contributed by atoms with E-state index in [-0.39, 0.29) is 27.8 Å². The smallest absolute Gasteiger partial charge is 0.305 e. The van der Waals surface area contributed by atoms with E-state index in [1.165, 1.54) is 6.21 Å². The molecule has 0 radical (unpaired) electrons. The molecule has 1 unspecified atom stereocenters. The van der Waals surface area contributed by atoms with Crippen LogP contribution in [0, 0.1) is 0 Å². The Morgan fingerprint density at radius 3 is 2.72 bits per heavy atom. The molecule has 1 heterocycles. The number of halogens is 1. The molecule has 1 atom stereocenters. The third-order valence-electron chi connectivity index (χ3n) is 3.44. The van der Waals surface area contributed by atoms with Crippen LogP contribution in [0.25, 0.3) is 0 Å². The van der Waals surface area contributed by atoms with Crippen molar-refractivity contribution in [2.45, 2.75) is 37.9 Å². The van der Waals surface area contributed by atoms with Gasteiger partial charge in [-0.3, -0.25) is 9.59 Å². The molecule has 1 fully saturated rings. The van der Waals surface area contributed by atoms with Crippen LogP contribution in [-0.4, -0.2) is 38.7 Å². The van der Waals surface area contributed by atoms with E-state index in [2.05, 4.69) is 15.5 Å². The molecule has 2 rings (SSSR count). The van der Waals surface area contributed by atoms with E-state index in [1.807, 2.05) is 20.8 Å². The number of hydrogen-bond acceptors (Lipinski definition) is 6. The summed E-state index contributed by atoms with van der Waals surface area (Å²) in [4.78, 5) is 22.3. The minimum atomic E-state index is -1.06. The van der Waals surface area contributed by atoms with Gasteiger partial charge in [-0.15, -0.1) is 5.10 Å². The first-order valence-electron chi connectivity index (χ1n) is 7.41. The molecule has 134 valence electrons. The molecule has 25 heavy (non-hydrogen) atoms. The molecule has 1 saturated heterocycles. The van der Waals surface area contributed by atoms with Gasteiger partial charge in [0, 0.05) is 5.56 Å². The van der Waals surface area contributed by atoms with E-state index < -0.39 is 17.1 Å². The number of rotatable bonds is 4. The molecule has 0 saturated carbocycles. The second-order valence-electron chi connectivity index (χ2n) is 6.49. The Balaban J connectivity index is 2.19. The number of nitrogens with zero attached hydrogens (tertiary/aromatic N) is 2. The van der Waals surface area contributed by atoms with Crippen LogP contribution in [0.1, 0.15) is 38.3 Å². The summed E-state index contributed by atoms with van der Waals surface area (Å²) in [6, 6.07) is 3.46. The van der Waals surface area contributed by atoms with Gasteiger partial charge in [-0.2, -0.15) is 5.10 Å². The van der Waals surface area contributed by atoms with E-state index in [1.54, 1.807) is 12.1 Å². The third kappa shape index (κ3) is 4.96. The zero-order chi connectivity index (χ0) is 18.8. The largest absolute Gasteiger partial charge is 0.506 e. The van der Waals surface area contributed by atoms with Crippen molar-refractivity contribution in [3.05, 3.63) is 28.3 Å². The Morgan fingerprint density at radius 2 is 2.12 bits per heavy atom. The summed E-state index contributed by atoms with van der Waals surface area (Å²) >= 11 is 7.06. The lowest BCUT2D eigenvalue weighted by atomic mass is 9.86. The van der Waals surface area contributed by atoms with Crippen molar-refractivity contribution in [2.24, 2.45) is 10.2 Å². The fraction of sp³-hybridized carbons (Fsp3) is 0.375. The molecule has 1 aromatic rings. The van der Waals surface area contributed by atoms with Crippen LogP contribution in [-0.2, 0) is 15.0 Å². The zero-order valence-electron chi connectivity index (χ0n) is 13.9. The molecule has 3 N–H and O–H groups in total. The van der Waals surface area contributed by atoms with Crippen molar-refractivity contribution in [1.29, 1.82) is 0 Å². The molecule has 1 amide bonds. The summed E-state index contributed by atoms with van der Waals surface area (Å²) in [5, 5.41) is 28.7. The normalized spacial score (nSPS) is 19.6. The highest BCUT2D eigenvalue weighted by Gasteiger charge is 2.32. The quantitative estimate of drug-likeness (QED) is 0.546. The molecule has 0 spiro atoms. The Kier molecular flexibility index (Phi) is 5.74. The maximum Gasteiger partial charge on any atom is 0.305 e. The van der Waals surface area contributed by atoms with Crippen LogP contribution in [0.4, 0.5) is 0 Å². The maximum absolute atomic E-state index is 11.6. The fourth-order valence-electron chi connectivity index (χ4n) is 2.04. The van der Waals surface area contributed by atoms with Crippen LogP contribution in [0.5, 0.6) is 5.75 Å². The van der Waals surface area contributed by atoms with Gasteiger partial charge in [0.05, 0.1) is 17.7 Å². The predicted molar refractivity (Wildman–Crippen MR) is 98.6 cm³/mol. The number of hydrogen-bond donors (Lipinski definition) is 3. The Hall–Kier alpha value is -2.06. The number of aromatic hydroxyl groups is 1. The lowest BCUT2D eigenvalue weighted by Gasteiger charge is -2.20. The van der Waals surface area contributed by atoms with Gasteiger partial charge in [0.1, 0.15) is 11.0 Å². The van der Waals surface area contributed by atoms with Crippen LogP contribution in [0.2, 0.25) is 5.02 Å². The topological polar surface area (TPSA) is 111 Å². The van der Waals surface area contributed by atoms with E-state index >= 15 is 0 Å². The molecule has 7 nitrogen and oxygen atoms in total. The van der Waals surface area contributed by atoms with E-state index in [0.717, 1.165) is 17.3 Å². The fourth-order valence-corrected chi connectivity index (χ4v) is 3.18. The highest BCUT2D eigenvalue weighted by molar-refractivity contribution is 8.15. The first-order valence-corrected chi connectivity index (χ1v) is 8.67. The van der Waals surface area contributed by atoms with E-state index in [4.69, 9.17) is 16.7 Å². The molecule has 1 aliphatic rings. The number of phenolic OH excluding ortho intramolecular Hbond substituents is 1. The molecular formula is C16H18ClN3O4S. The highest BCUT2D eigenvalue weighted by Crippen LogP contribution is 2.33. The third-order valence-corrected chi connectivity index (χ3v) is 4.80. The number of carbonyl (C=O) groups is 2. The molecule has 9 heteroatoms. The Labute approximate surface area is 154 Å². The molecule has 0 aliphatic carbocycles. The maximum atomic E-state index is 11.6. The van der Waals surface area contributed by atoms with Crippen molar-refractivity contribution < 1.29 is 19.8 Å². The van der Waals surface area contributed by atoms with Gasteiger partial charge in [0.2, 0.25) is 5.91 Å². The first kappa shape index (κ1) is 19.3. The summed E-state index contributed by atoms with van der Waals surface area (Å²) in [5.41, 5.74) is 1.16. The van der Waals surface area contributed by atoms with E-state index in [0.29, 0.717) is 5.56 Å². The second kappa shape index (κ2) is 7.45. The van der Waals surface area contributed by atoms with Crippen LogP contribution in [0.15, 0.2) is 22.3 Å². The summed E-state index contributed by atoms with van der Waals surface area (Å²) in [6.45, 7) is 6.05. The van der Waals surface area contributed by atoms with Gasteiger partial charge in [-0.1, -0.05) is 44.1 Å². The number of aliphatic carboxylic acids is 1. The van der Waals surface area contributed by atoms with Gasteiger partial charge in [0.15, 0.2) is 5.17 Å². The van der Waals surface area contributed by atoms with E-state index in [9.17, 15) is 14.7 Å². The Morgan fingerprint density at radius 1 is 1.44 bits per heavy atom. The summed E-state index contributed by atoms with van der Waals surface area (Å²) in [6.07, 6.45) is 1.05. The van der Waals surface area contributed by atoms with Crippen LogP contribution >= 0.6 is 23.4 Å². The van der Waals surface area contributed by atoms with Gasteiger partial charge < -0.3 is 15.5 Å². The van der Waals surface area contributed by atoms with Crippen LogP contribution < -0.4 is 5.32 Å². The number of amides is 1. The molecular weight excluding hydrogens is 366 g/mol. The predicted octanol–water partition coefficient (Wildman–Crippen LogP) is 2.74. The zero-order valence-corrected chi connectivity index (χ0v) is 15.5. The number of carboxylic acid groups (broad SMARTS) is 1. The Bertz CT molecular complexity index is 771. The second-order valence-corrected chi connectivity index (χ2v) is 8.09.